The van der Waals surface area contributed by atoms with Crippen molar-refractivity contribution in [2.24, 2.45) is 0 Å². The summed E-state index contributed by atoms with van der Waals surface area (Å²) in [5.41, 5.74) is 4.14. The number of urea groups is 1. The van der Waals surface area contributed by atoms with Crippen molar-refractivity contribution in [3.05, 3.63) is 65.9 Å². The minimum atomic E-state index is -0.211. The highest BCUT2D eigenvalue weighted by Crippen LogP contribution is 2.22. The number of para-hydroxylation sites is 1. The van der Waals surface area contributed by atoms with E-state index in [1.807, 2.05) is 48.5 Å². The fraction of sp³-hybridized carbons (Fsp3) is 0.273. The maximum Gasteiger partial charge on any atom is 0.319 e. The Kier molecular flexibility index (Phi) is 6.26. The number of carbonyl (C=O) groups is 1. The Morgan fingerprint density at radius 3 is 2.56 bits per heavy atom. The molecule has 0 aliphatic carbocycles. The Bertz CT molecular complexity index is 902. The molecule has 0 spiro atoms. The first kappa shape index (κ1) is 18.7. The van der Waals surface area contributed by atoms with E-state index in [1.165, 1.54) is 0 Å². The van der Waals surface area contributed by atoms with Crippen molar-refractivity contribution in [1.29, 1.82) is 0 Å². The van der Waals surface area contributed by atoms with Gasteiger partial charge in [0.05, 0.1) is 12.1 Å². The van der Waals surface area contributed by atoms with E-state index in [2.05, 4.69) is 29.5 Å². The van der Waals surface area contributed by atoms with Gasteiger partial charge in [-0.3, -0.25) is 4.98 Å². The Labute approximate surface area is 159 Å². The number of anilines is 1. The van der Waals surface area contributed by atoms with E-state index in [0.717, 1.165) is 46.3 Å². The summed E-state index contributed by atoms with van der Waals surface area (Å²) >= 11 is 0. The average molecular weight is 363 g/mol. The van der Waals surface area contributed by atoms with Crippen LogP contribution in [0.4, 0.5) is 10.5 Å². The third-order valence-electron chi connectivity index (χ3n) is 4.47. The molecule has 0 aliphatic rings. The summed E-state index contributed by atoms with van der Waals surface area (Å²) < 4.78 is 5.73. The number of carbonyl (C=O) groups excluding carboxylic acids is 1. The predicted molar refractivity (Wildman–Crippen MR) is 109 cm³/mol. The first-order valence-corrected chi connectivity index (χ1v) is 9.34. The standard InChI is InChI=1S/C22H25N3O2/c1-3-16-7-5-8-17(4-2)21(16)25-22(26)24-13-14-27-19-10-11-20-18(15-19)9-6-12-23-20/h5-12,15H,3-4,13-14H2,1-2H3,(H2,24,25,26). The van der Waals surface area contributed by atoms with Crippen molar-refractivity contribution in [3.8, 4) is 5.75 Å². The Hall–Kier alpha value is -3.08. The zero-order valence-electron chi connectivity index (χ0n) is 15.8. The van der Waals surface area contributed by atoms with E-state index in [9.17, 15) is 4.79 Å². The molecule has 2 N–H and O–H groups in total. The summed E-state index contributed by atoms with van der Waals surface area (Å²) in [4.78, 5) is 16.5. The molecule has 3 rings (SSSR count). The molecule has 0 aliphatic heterocycles. The molecule has 1 aromatic heterocycles. The first-order chi connectivity index (χ1) is 13.2. The number of rotatable bonds is 7. The molecule has 5 heteroatoms. The first-order valence-electron chi connectivity index (χ1n) is 9.34. The minimum Gasteiger partial charge on any atom is -0.492 e. The van der Waals surface area contributed by atoms with E-state index >= 15 is 0 Å². The number of fused-ring (bicyclic) bond motifs is 1. The van der Waals surface area contributed by atoms with Crippen LogP contribution in [0.15, 0.2) is 54.7 Å². The van der Waals surface area contributed by atoms with Crippen molar-refractivity contribution in [1.82, 2.24) is 10.3 Å². The Morgan fingerprint density at radius 1 is 1.04 bits per heavy atom. The molecule has 0 radical (unpaired) electrons. The SMILES string of the molecule is CCc1cccc(CC)c1NC(=O)NCCOc1ccc2ncccc2c1. The molecule has 0 atom stereocenters. The zero-order valence-corrected chi connectivity index (χ0v) is 15.8. The van der Waals surface area contributed by atoms with Gasteiger partial charge in [-0.2, -0.15) is 0 Å². The molecule has 3 aromatic rings. The lowest BCUT2D eigenvalue weighted by Crippen LogP contribution is -2.32. The fourth-order valence-corrected chi connectivity index (χ4v) is 3.04. The number of nitrogens with one attached hydrogen (secondary N) is 2. The predicted octanol–water partition coefficient (Wildman–Crippen LogP) is 4.56. The fourth-order valence-electron chi connectivity index (χ4n) is 3.04. The maximum atomic E-state index is 12.2. The van der Waals surface area contributed by atoms with Gasteiger partial charge in [-0.1, -0.05) is 38.1 Å². The van der Waals surface area contributed by atoms with E-state index in [4.69, 9.17) is 4.74 Å². The molecule has 0 saturated carbocycles. The topological polar surface area (TPSA) is 63.2 Å². The number of pyridine rings is 1. The second-order valence-electron chi connectivity index (χ2n) is 6.25. The van der Waals surface area contributed by atoms with Crippen LogP contribution in [0.2, 0.25) is 0 Å². The summed E-state index contributed by atoms with van der Waals surface area (Å²) in [7, 11) is 0. The summed E-state index contributed by atoms with van der Waals surface area (Å²) in [5.74, 6) is 0.766. The minimum absolute atomic E-state index is 0.211. The summed E-state index contributed by atoms with van der Waals surface area (Å²) in [6.07, 6.45) is 3.53. The van der Waals surface area contributed by atoms with Gasteiger partial charge in [0.1, 0.15) is 12.4 Å². The quantitative estimate of drug-likeness (QED) is 0.605. The van der Waals surface area contributed by atoms with Crippen LogP contribution in [0.5, 0.6) is 5.75 Å². The number of hydrogen-bond donors (Lipinski definition) is 2. The molecule has 1 heterocycles. The van der Waals surface area contributed by atoms with Gasteiger partial charge in [0.2, 0.25) is 0 Å². The largest absolute Gasteiger partial charge is 0.492 e. The molecular formula is C22H25N3O2. The van der Waals surface area contributed by atoms with Gasteiger partial charge in [-0.25, -0.2) is 4.79 Å². The van der Waals surface area contributed by atoms with E-state index in [0.29, 0.717) is 13.2 Å². The van der Waals surface area contributed by atoms with Gasteiger partial charge in [0.25, 0.3) is 0 Å². The molecule has 2 amide bonds. The molecule has 0 saturated heterocycles. The van der Waals surface area contributed by atoms with Gasteiger partial charge in [0.15, 0.2) is 0 Å². The molecule has 0 unspecified atom stereocenters. The van der Waals surface area contributed by atoms with E-state index in [1.54, 1.807) is 6.20 Å². The number of ether oxygens (including phenoxy) is 1. The van der Waals surface area contributed by atoms with Crippen molar-refractivity contribution >= 4 is 22.6 Å². The number of hydrogen-bond acceptors (Lipinski definition) is 3. The van der Waals surface area contributed by atoms with Gasteiger partial charge in [0, 0.05) is 17.3 Å². The lowest BCUT2D eigenvalue weighted by Gasteiger charge is -2.15. The van der Waals surface area contributed by atoms with Crippen LogP contribution in [-0.4, -0.2) is 24.2 Å². The number of aryl methyl sites for hydroxylation is 2. The van der Waals surface area contributed by atoms with Crippen LogP contribution in [-0.2, 0) is 12.8 Å². The van der Waals surface area contributed by atoms with Crippen LogP contribution in [0.3, 0.4) is 0 Å². The Balaban J connectivity index is 1.51. The lowest BCUT2D eigenvalue weighted by atomic mass is 10.0. The maximum absolute atomic E-state index is 12.2. The second kappa shape index (κ2) is 9.03. The molecule has 5 nitrogen and oxygen atoms in total. The molecular weight excluding hydrogens is 338 g/mol. The van der Waals surface area contributed by atoms with E-state index < -0.39 is 0 Å². The summed E-state index contributed by atoms with van der Waals surface area (Å²) in [5, 5.41) is 6.88. The normalized spacial score (nSPS) is 10.6. The van der Waals surface area contributed by atoms with Crippen molar-refractivity contribution in [2.75, 3.05) is 18.5 Å². The lowest BCUT2D eigenvalue weighted by molar-refractivity contribution is 0.247. The zero-order chi connectivity index (χ0) is 19.1. The number of benzene rings is 2. The molecule has 0 bridgehead atoms. The van der Waals surface area contributed by atoms with Crippen LogP contribution in [0, 0.1) is 0 Å². The highest BCUT2D eigenvalue weighted by atomic mass is 16.5. The molecule has 0 fully saturated rings. The average Bonchev–Trinajstić information content (AvgIpc) is 2.71. The van der Waals surface area contributed by atoms with Crippen LogP contribution >= 0.6 is 0 Å². The highest BCUT2D eigenvalue weighted by Gasteiger charge is 2.09. The highest BCUT2D eigenvalue weighted by molar-refractivity contribution is 5.91. The van der Waals surface area contributed by atoms with Crippen molar-refractivity contribution in [3.63, 3.8) is 0 Å². The number of nitrogens with zero attached hydrogens (tertiary/aromatic N) is 1. The van der Waals surface area contributed by atoms with Crippen LogP contribution < -0.4 is 15.4 Å². The number of amides is 2. The van der Waals surface area contributed by atoms with E-state index in [-0.39, 0.29) is 6.03 Å². The van der Waals surface area contributed by atoms with Crippen molar-refractivity contribution < 1.29 is 9.53 Å². The second-order valence-corrected chi connectivity index (χ2v) is 6.25. The third kappa shape index (κ3) is 4.76. The van der Waals surface area contributed by atoms with Crippen molar-refractivity contribution in [2.45, 2.75) is 26.7 Å². The smallest absolute Gasteiger partial charge is 0.319 e. The summed E-state index contributed by atoms with van der Waals surface area (Å²) in [6.45, 7) is 5.00. The van der Waals surface area contributed by atoms with Gasteiger partial charge >= 0.3 is 6.03 Å². The van der Waals surface area contributed by atoms with Gasteiger partial charge in [-0.05, 0) is 48.2 Å². The summed E-state index contributed by atoms with van der Waals surface area (Å²) in [6, 6.07) is 15.6. The number of aromatic nitrogens is 1. The van der Waals surface area contributed by atoms with Crippen LogP contribution in [0.1, 0.15) is 25.0 Å². The molecule has 140 valence electrons. The third-order valence-corrected chi connectivity index (χ3v) is 4.47. The molecule has 27 heavy (non-hydrogen) atoms. The van der Waals surface area contributed by atoms with Gasteiger partial charge < -0.3 is 15.4 Å². The Morgan fingerprint density at radius 2 is 1.81 bits per heavy atom. The van der Waals surface area contributed by atoms with Gasteiger partial charge in [-0.15, -0.1) is 0 Å². The monoisotopic (exact) mass is 363 g/mol. The van der Waals surface area contributed by atoms with Crippen LogP contribution in [0.25, 0.3) is 10.9 Å². The molecule has 2 aromatic carbocycles.